The smallest absolute Gasteiger partial charge is 0.331 e. The summed E-state index contributed by atoms with van der Waals surface area (Å²) in [4.78, 5) is 22.3. The number of amides is 1. The van der Waals surface area contributed by atoms with Crippen LogP contribution in [0.25, 0.3) is 6.08 Å². The van der Waals surface area contributed by atoms with E-state index in [4.69, 9.17) is 4.74 Å². The molecule has 0 aliphatic rings. The lowest BCUT2D eigenvalue weighted by Gasteiger charge is -2.17. The van der Waals surface area contributed by atoms with Crippen molar-refractivity contribution in [3.63, 3.8) is 0 Å². The lowest BCUT2D eigenvalue weighted by Crippen LogP contribution is -2.22. The summed E-state index contributed by atoms with van der Waals surface area (Å²) in [6.07, 6.45) is 3.06. The van der Waals surface area contributed by atoms with Crippen LogP contribution < -0.4 is 5.32 Å². The van der Waals surface area contributed by atoms with Crippen LogP contribution in [0.1, 0.15) is 33.3 Å². The lowest BCUT2D eigenvalue weighted by molar-refractivity contribution is -0.148. The third kappa shape index (κ3) is 6.41. The summed E-state index contributed by atoms with van der Waals surface area (Å²) in [5.41, 5.74) is 1.10. The first kappa shape index (κ1) is 15.0. The summed E-state index contributed by atoms with van der Waals surface area (Å²) in [6.45, 7) is 6.92. The van der Waals surface area contributed by atoms with Crippen molar-refractivity contribution in [3.05, 3.63) is 35.9 Å². The van der Waals surface area contributed by atoms with Gasteiger partial charge in [-0.05, 0) is 44.5 Å². The minimum absolute atomic E-state index is 0.114. The number of ether oxygens (including phenoxy) is 1. The third-order valence-corrected chi connectivity index (χ3v) is 2.05. The molecule has 0 heterocycles. The van der Waals surface area contributed by atoms with Crippen LogP contribution in [-0.4, -0.2) is 17.5 Å². The molecular weight excluding hydrogens is 242 g/mol. The number of benzene rings is 1. The molecule has 4 heteroatoms. The van der Waals surface area contributed by atoms with Gasteiger partial charge in [-0.2, -0.15) is 0 Å². The van der Waals surface area contributed by atoms with Gasteiger partial charge in [0.2, 0.25) is 5.91 Å². The monoisotopic (exact) mass is 261 g/mol. The number of hydrogen-bond acceptors (Lipinski definition) is 3. The molecule has 0 aliphatic heterocycles. The molecule has 1 amide bonds. The van der Waals surface area contributed by atoms with E-state index in [-0.39, 0.29) is 11.9 Å². The molecule has 4 nitrogen and oxygen atoms in total. The van der Waals surface area contributed by atoms with Gasteiger partial charge in [0, 0.05) is 18.7 Å². The molecule has 1 N–H and O–H groups in total. The molecule has 0 bridgehead atoms. The summed E-state index contributed by atoms with van der Waals surface area (Å²) in [7, 11) is 0. The van der Waals surface area contributed by atoms with Crippen molar-refractivity contribution in [3.8, 4) is 0 Å². The molecule has 0 saturated carbocycles. The predicted molar refractivity (Wildman–Crippen MR) is 75.6 cm³/mol. The van der Waals surface area contributed by atoms with Crippen molar-refractivity contribution in [2.24, 2.45) is 0 Å². The van der Waals surface area contributed by atoms with Crippen LogP contribution in [0.3, 0.4) is 0 Å². The van der Waals surface area contributed by atoms with Crippen molar-refractivity contribution in [1.82, 2.24) is 0 Å². The normalized spacial score (nSPS) is 11.4. The largest absolute Gasteiger partial charge is 0.457 e. The van der Waals surface area contributed by atoms with Gasteiger partial charge in [-0.15, -0.1) is 0 Å². The van der Waals surface area contributed by atoms with Gasteiger partial charge in [0.15, 0.2) is 0 Å². The molecule has 0 radical (unpaired) electrons. The summed E-state index contributed by atoms with van der Waals surface area (Å²) in [5.74, 6) is -0.490. The maximum atomic E-state index is 11.5. The Kier molecular flexibility index (Phi) is 4.87. The third-order valence-electron chi connectivity index (χ3n) is 2.05. The SMILES string of the molecule is CC(=O)Nc1ccc(C=CC(=O)OC(C)(C)C)cc1. The van der Waals surface area contributed by atoms with E-state index in [9.17, 15) is 9.59 Å². The quantitative estimate of drug-likeness (QED) is 0.672. The molecule has 0 unspecified atom stereocenters. The Morgan fingerprint density at radius 1 is 1.16 bits per heavy atom. The first-order valence-electron chi connectivity index (χ1n) is 6.05. The summed E-state index contributed by atoms with van der Waals surface area (Å²) >= 11 is 0. The first-order chi connectivity index (χ1) is 8.76. The van der Waals surface area contributed by atoms with Crippen molar-refractivity contribution in [1.29, 1.82) is 0 Å². The first-order valence-corrected chi connectivity index (χ1v) is 6.05. The summed E-state index contributed by atoms with van der Waals surface area (Å²) < 4.78 is 5.15. The van der Waals surface area contributed by atoms with Gasteiger partial charge < -0.3 is 10.1 Å². The molecule has 1 rings (SSSR count). The van der Waals surface area contributed by atoms with Crippen LogP contribution >= 0.6 is 0 Å². The predicted octanol–water partition coefficient (Wildman–Crippen LogP) is 3.00. The highest BCUT2D eigenvalue weighted by Gasteiger charge is 2.13. The second-order valence-corrected chi connectivity index (χ2v) is 5.17. The van der Waals surface area contributed by atoms with E-state index >= 15 is 0 Å². The number of nitrogens with one attached hydrogen (secondary N) is 1. The lowest BCUT2D eigenvalue weighted by atomic mass is 10.2. The van der Waals surface area contributed by atoms with E-state index in [0.717, 1.165) is 11.3 Å². The molecule has 0 aromatic heterocycles. The summed E-state index contributed by atoms with van der Waals surface area (Å²) in [5, 5.41) is 2.67. The van der Waals surface area contributed by atoms with E-state index < -0.39 is 5.60 Å². The maximum Gasteiger partial charge on any atom is 0.331 e. The zero-order valence-electron chi connectivity index (χ0n) is 11.7. The van der Waals surface area contributed by atoms with Gasteiger partial charge in [0.1, 0.15) is 5.60 Å². The molecule has 0 aliphatic carbocycles. The van der Waals surface area contributed by atoms with E-state index in [2.05, 4.69) is 5.32 Å². The minimum Gasteiger partial charge on any atom is -0.457 e. The summed E-state index contributed by atoms with van der Waals surface area (Å²) in [6, 6.07) is 7.17. The Bertz CT molecular complexity index is 481. The van der Waals surface area contributed by atoms with Crippen LogP contribution in [-0.2, 0) is 14.3 Å². The molecule has 102 valence electrons. The maximum absolute atomic E-state index is 11.5. The van der Waals surface area contributed by atoms with Gasteiger partial charge in [-0.1, -0.05) is 12.1 Å². The zero-order chi connectivity index (χ0) is 14.5. The van der Waals surface area contributed by atoms with Crippen LogP contribution in [0.2, 0.25) is 0 Å². The molecular formula is C15H19NO3. The number of carbonyl (C=O) groups excluding carboxylic acids is 2. The Morgan fingerprint density at radius 2 is 1.74 bits per heavy atom. The highest BCUT2D eigenvalue weighted by atomic mass is 16.6. The van der Waals surface area contributed by atoms with E-state index in [0.29, 0.717) is 0 Å². The average molecular weight is 261 g/mol. The number of esters is 1. The number of hydrogen-bond donors (Lipinski definition) is 1. The second kappa shape index (κ2) is 6.18. The minimum atomic E-state index is -0.489. The van der Waals surface area contributed by atoms with E-state index in [1.54, 1.807) is 18.2 Å². The van der Waals surface area contributed by atoms with Crippen molar-refractivity contribution < 1.29 is 14.3 Å². The topological polar surface area (TPSA) is 55.4 Å². The highest BCUT2D eigenvalue weighted by molar-refractivity contribution is 5.89. The Hall–Kier alpha value is -2.10. The molecule has 19 heavy (non-hydrogen) atoms. The Labute approximate surface area is 113 Å². The van der Waals surface area contributed by atoms with Gasteiger partial charge in [0.25, 0.3) is 0 Å². The van der Waals surface area contributed by atoms with Crippen molar-refractivity contribution in [2.75, 3.05) is 5.32 Å². The van der Waals surface area contributed by atoms with Crippen LogP contribution in [0.4, 0.5) is 5.69 Å². The second-order valence-electron chi connectivity index (χ2n) is 5.17. The molecule has 0 atom stereocenters. The fourth-order valence-corrected chi connectivity index (χ4v) is 1.38. The van der Waals surface area contributed by atoms with Crippen LogP contribution in [0.15, 0.2) is 30.3 Å². The van der Waals surface area contributed by atoms with Crippen LogP contribution in [0.5, 0.6) is 0 Å². The van der Waals surface area contributed by atoms with Gasteiger partial charge >= 0.3 is 5.97 Å². The molecule has 1 aromatic carbocycles. The number of rotatable bonds is 3. The molecule has 0 spiro atoms. The van der Waals surface area contributed by atoms with E-state index in [1.165, 1.54) is 13.0 Å². The van der Waals surface area contributed by atoms with Crippen molar-refractivity contribution >= 4 is 23.6 Å². The molecule has 0 saturated heterocycles. The average Bonchev–Trinajstić information content (AvgIpc) is 2.25. The van der Waals surface area contributed by atoms with Crippen LogP contribution in [0, 0.1) is 0 Å². The zero-order valence-corrected chi connectivity index (χ0v) is 11.7. The standard InChI is InChI=1S/C15H19NO3/c1-11(17)16-13-8-5-12(6-9-13)7-10-14(18)19-15(2,3)4/h5-10H,1-4H3,(H,16,17). The fourth-order valence-electron chi connectivity index (χ4n) is 1.38. The fraction of sp³-hybridized carbons (Fsp3) is 0.333. The number of carbonyl (C=O) groups is 2. The van der Waals surface area contributed by atoms with Gasteiger partial charge in [-0.25, -0.2) is 4.79 Å². The number of anilines is 1. The molecule has 1 aromatic rings. The van der Waals surface area contributed by atoms with E-state index in [1.807, 2.05) is 32.9 Å². The molecule has 0 fully saturated rings. The van der Waals surface area contributed by atoms with Gasteiger partial charge in [-0.3, -0.25) is 4.79 Å². The highest BCUT2D eigenvalue weighted by Crippen LogP contribution is 2.12. The van der Waals surface area contributed by atoms with Crippen molar-refractivity contribution in [2.45, 2.75) is 33.3 Å². The Morgan fingerprint density at radius 3 is 2.21 bits per heavy atom. The Balaban J connectivity index is 2.62. The van der Waals surface area contributed by atoms with Gasteiger partial charge in [0.05, 0.1) is 0 Å².